The number of aromatic nitrogens is 5. The topological polar surface area (TPSA) is 88.5 Å². The number of rotatable bonds is 4. The third-order valence-electron chi connectivity index (χ3n) is 4.68. The van der Waals surface area contributed by atoms with E-state index in [9.17, 15) is 18.0 Å². The summed E-state index contributed by atoms with van der Waals surface area (Å²) < 4.78 is 41.1. The van der Waals surface area contributed by atoms with Gasteiger partial charge in [-0.15, -0.1) is 0 Å². The summed E-state index contributed by atoms with van der Waals surface area (Å²) in [6, 6.07) is 11.9. The second-order valence-corrected chi connectivity index (χ2v) is 6.47. The molecule has 2 aromatic carbocycles. The first-order chi connectivity index (χ1) is 13.8. The Labute approximate surface area is 162 Å². The lowest BCUT2D eigenvalue weighted by Crippen LogP contribution is -2.13. The number of anilines is 1. The second-order valence-electron chi connectivity index (χ2n) is 6.47. The minimum atomic E-state index is -4.43. The Morgan fingerprint density at radius 1 is 1.17 bits per heavy atom. The van der Waals surface area contributed by atoms with Crippen LogP contribution in [0.15, 0.2) is 54.7 Å². The van der Waals surface area contributed by atoms with Gasteiger partial charge in [-0.05, 0) is 41.1 Å². The van der Waals surface area contributed by atoms with E-state index in [1.165, 1.54) is 6.07 Å². The zero-order valence-corrected chi connectivity index (χ0v) is 15.1. The molecular weight excluding hydrogens is 385 g/mol. The molecule has 0 saturated carbocycles. The lowest BCUT2D eigenvalue weighted by molar-refractivity contribution is -0.137. The summed E-state index contributed by atoms with van der Waals surface area (Å²) in [6.45, 7) is 1.78. The van der Waals surface area contributed by atoms with E-state index in [1.807, 2.05) is 6.07 Å². The molecule has 0 bridgehead atoms. The van der Waals surface area contributed by atoms with E-state index in [4.69, 9.17) is 0 Å². The van der Waals surface area contributed by atoms with Gasteiger partial charge in [0, 0.05) is 17.1 Å². The molecule has 2 aromatic heterocycles. The molecule has 7 nitrogen and oxygen atoms in total. The van der Waals surface area contributed by atoms with Crippen LogP contribution in [0.4, 0.5) is 19.1 Å². The van der Waals surface area contributed by atoms with Gasteiger partial charge < -0.3 is 4.57 Å². The van der Waals surface area contributed by atoms with Crippen LogP contribution in [0.25, 0.3) is 10.9 Å². The number of hydrogen-bond acceptors (Lipinski definition) is 4. The average Bonchev–Trinajstić information content (AvgIpc) is 3.34. The molecule has 0 aliphatic carbocycles. The Balaban J connectivity index is 1.76. The number of tetrazole rings is 1. The van der Waals surface area contributed by atoms with E-state index in [2.05, 4.69) is 25.9 Å². The van der Waals surface area contributed by atoms with Gasteiger partial charge in [0.2, 0.25) is 5.95 Å². The molecule has 4 aromatic rings. The van der Waals surface area contributed by atoms with Crippen molar-refractivity contribution in [1.29, 1.82) is 0 Å². The first-order valence-electron chi connectivity index (χ1n) is 8.66. The van der Waals surface area contributed by atoms with Crippen LogP contribution in [-0.2, 0) is 6.18 Å². The van der Waals surface area contributed by atoms with E-state index >= 15 is 0 Å². The zero-order chi connectivity index (χ0) is 20.6. The van der Waals surface area contributed by atoms with Crippen LogP contribution in [0.1, 0.15) is 34.5 Å². The molecule has 1 amide bonds. The first kappa shape index (κ1) is 18.7. The molecule has 10 heteroatoms. The van der Waals surface area contributed by atoms with Crippen molar-refractivity contribution in [3.05, 3.63) is 71.4 Å². The minimum absolute atomic E-state index is 0.0951. The second kappa shape index (κ2) is 7.04. The molecule has 0 saturated heterocycles. The maximum absolute atomic E-state index is 13.1. The number of para-hydroxylation sites is 1. The van der Waals surface area contributed by atoms with Crippen LogP contribution in [0, 0.1) is 0 Å². The number of hydrogen-bond donors (Lipinski definition) is 2. The zero-order valence-electron chi connectivity index (χ0n) is 15.1. The van der Waals surface area contributed by atoms with E-state index in [-0.39, 0.29) is 5.95 Å². The Hall–Kier alpha value is -3.69. The number of amides is 1. The smallest absolute Gasteiger partial charge is 0.339 e. The summed E-state index contributed by atoms with van der Waals surface area (Å²) in [7, 11) is 0. The van der Waals surface area contributed by atoms with Gasteiger partial charge in [0.15, 0.2) is 0 Å². The monoisotopic (exact) mass is 400 g/mol. The highest BCUT2D eigenvalue weighted by Crippen LogP contribution is 2.33. The van der Waals surface area contributed by atoms with Crippen molar-refractivity contribution in [2.24, 2.45) is 0 Å². The minimum Gasteiger partial charge on any atom is -0.339 e. The van der Waals surface area contributed by atoms with Crippen molar-refractivity contribution in [2.75, 3.05) is 5.32 Å². The highest BCUT2D eigenvalue weighted by atomic mass is 19.4. The van der Waals surface area contributed by atoms with Crippen LogP contribution >= 0.6 is 0 Å². The van der Waals surface area contributed by atoms with Gasteiger partial charge in [0.05, 0.1) is 17.2 Å². The lowest BCUT2D eigenvalue weighted by atomic mass is 10.0. The van der Waals surface area contributed by atoms with Crippen LogP contribution in [0.3, 0.4) is 0 Å². The van der Waals surface area contributed by atoms with Crippen molar-refractivity contribution in [3.8, 4) is 0 Å². The van der Waals surface area contributed by atoms with E-state index in [0.29, 0.717) is 16.5 Å². The maximum atomic E-state index is 13.1. The molecule has 1 atom stereocenters. The van der Waals surface area contributed by atoms with Gasteiger partial charge in [-0.25, -0.2) is 5.10 Å². The van der Waals surface area contributed by atoms with E-state index in [1.54, 1.807) is 42.0 Å². The molecule has 0 aliphatic heterocycles. The van der Waals surface area contributed by atoms with Gasteiger partial charge in [-0.2, -0.15) is 13.2 Å². The number of nitrogens with zero attached hydrogens (tertiary/aromatic N) is 4. The van der Waals surface area contributed by atoms with Crippen molar-refractivity contribution in [3.63, 3.8) is 0 Å². The van der Waals surface area contributed by atoms with Gasteiger partial charge in [0.1, 0.15) is 0 Å². The Morgan fingerprint density at radius 3 is 2.69 bits per heavy atom. The Bertz CT molecular complexity index is 1170. The number of fused-ring (bicyclic) bond motifs is 1. The molecule has 2 N–H and O–H groups in total. The molecule has 29 heavy (non-hydrogen) atoms. The predicted octanol–water partition coefficient (Wildman–Crippen LogP) is 4.03. The fourth-order valence-electron chi connectivity index (χ4n) is 3.23. The normalized spacial score (nSPS) is 12.8. The summed E-state index contributed by atoms with van der Waals surface area (Å²) in [5.41, 5.74) is 0.843. The number of benzene rings is 2. The summed E-state index contributed by atoms with van der Waals surface area (Å²) in [6.07, 6.45) is -2.81. The maximum Gasteiger partial charge on any atom is 0.416 e. The third-order valence-corrected chi connectivity index (χ3v) is 4.68. The number of aromatic amines is 1. The summed E-state index contributed by atoms with van der Waals surface area (Å²) in [5, 5.41) is 16.1. The molecular formula is C19H15F3N6O. The highest BCUT2D eigenvalue weighted by molar-refractivity contribution is 6.12. The number of H-pyrrole nitrogens is 1. The Morgan fingerprint density at radius 2 is 1.97 bits per heavy atom. The quantitative estimate of drug-likeness (QED) is 0.541. The van der Waals surface area contributed by atoms with Crippen LogP contribution < -0.4 is 5.32 Å². The third kappa shape index (κ3) is 3.56. The van der Waals surface area contributed by atoms with E-state index < -0.39 is 23.7 Å². The molecule has 0 fully saturated rings. The summed E-state index contributed by atoms with van der Waals surface area (Å²) in [4.78, 5) is 12.7. The molecule has 0 radical (unpaired) electrons. The molecule has 148 valence electrons. The molecule has 1 unspecified atom stereocenters. The van der Waals surface area contributed by atoms with E-state index in [0.717, 1.165) is 17.6 Å². The fraction of sp³-hybridized carbons (Fsp3) is 0.158. The van der Waals surface area contributed by atoms with Gasteiger partial charge in [-0.3, -0.25) is 10.1 Å². The number of nitrogens with one attached hydrogen (secondary N) is 2. The lowest BCUT2D eigenvalue weighted by Gasteiger charge is -2.17. The van der Waals surface area contributed by atoms with Crippen LogP contribution in [0.5, 0.6) is 0 Å². The number of alkyl halides is 3. The molecule has 0 aliphatic rings. The van der Waals surface area contributed by atoms with Crippen molar-refractivity contribution in [1.82, 2.24) is 25.2 Å². The van der Waals surface area contributed by atoms with Gasteiger partial charge in [0.25, 0.3) is 5.91 Å². The summed E-state index contributed by atoms with van der Waals surface area (Å²) in [5.74, 6) is -0.340. The van der Waals surface area contributed by atoms with Crippen molar-refractivity contribution in [2.45, 2.75) is 19.1 Å². The largest absolute Gasteiger partial charge is 0.416 e. The average molecular weight is 400 g/mol. The van der Waals surface area contributed by atoms with Crippen LogP contribution in [-0.4, -0.2) is 31.1 Å². The van der Waals surface area contributed by atoms with Crippen molar-refractivity contribution < 1.29 is 18.0 Å². The fourth-order valence-corrected chi connectivity index (χ4v) is 3.23. The molecule has 2 heterocycles. The number of halogens is 3. The molecule has 4 rings (SSSR count). The first-order valence-corrected chi connectivity index (χ1v) is 8.66. The number of carbonyl (C=O) groups is 1. The van der Waals surface area contributed by atoms with Crippen LogP contribution in [0.2, 0.25) is 0 Å². The molecule has 0 spiro atoms. The van der Waals surface area contributed by atoms with Crippen molar-refractivity contribution >= 4 is 22.8 Å². The van der Waals surface area contributed by atoms with Gasteiger partial charge >= 0.3 is 6.18 Å². The van der Waals surface area contributed by atoms with Gasteiger partial charge in [-0.1, -0.05) is 35.4 Å². The SMILES string of the molecule is CC(c1cccc(C(F)(F)F)c1)n1cc(C(=O)Nc2nnn[nH]2)c2ccccc21. The Kier molecular flexibility index (Phi) is 4.53. The summed E-state index contributed by atoms with van der Waals surface area (Å²) >= 11 is 0. The number of carbonyl (C=O) groups excluding carboxylic acids is 1. The highest BCUT2D eigenvalue weighted by Gasteiger charge is 2.31. The predicted molar refractivity (Wildman–Crippen MR) is 99.3 cm³/mol. The standard InChI is InChI=1S/C19H15F3N6O/c1-11(12-5-4-6-13(9-12)19(20,21)22)28-10-15(14-7-2-3-8-16(14)28)17(29)23-18-24-26-27-25-18/h2-11H,1H3,(H2,23,24,25,26,27,29).